The summed E-state index contributed by atoms with van der Waals surface area (Å²) in [6.45, 7) is 4.98. The summed E-state index contributed by atoms with van der Waals surface area (Å²) in [7, 11) is 3.99. The summed E-state index contributed by atoms with van der Waals surface area (Å²) in [6, 6.07) is 6.03. The molecule has 4 heteroatoms. The van der Waals surface area contributed by atoms with E-state index in [0.717, 1.165) is 47.5 Å². The van der Waals surface area contributed by atoms with Crippen LogP contribution in [0.3, 0.4) is 0 Å². The van der Waals surface area contributed by atoms with Gasteiger partial charge in [-0.2, -0.15) is 0 Å². The number of aromatic amines is 1. The number of pyridine rings is 1. The molecular weight excluding hydrogens is 262 g/mol. The van der Waals surface area contributed by atoms with Crippen molar-refractivity contribution < 1.29 is 0 Å². The molecule has 1 aliphatic rings. The molecule has 1 fully saturated rings. The predicted molar refractivity (Wildman–Crippen MR) is 88.1 cm³/mol. The maximum absolute atomic E-state index is 12.8. The molecule has 0 atom stereocenters. The summed E-state index contributed by atoms with van der Waals surface area (Å²) in [5.74, 6) is 0. The van der Waals surface area contributed by atoms with Crippen molar-refractivity contribution in [3.8, 4) is 0 Å². The number of benzene rings is 1. The maximum Gasteiger partial charge on any atom is 0.194 e. The largest absolute Gasteiger partial charge is 0.378 e. The van der Waals surface area contributed by atoms with E-state index >= 15 is 0 Å². The van der Waals surface area contributed by atoms with Gasteiger partial charge in [0.15, 0.2) is 5.43 Å². The molecule has 0 bridgehead atoms. The number of H-pyrrole nitrogens is 1. The van der Waals surface area contributed by atoms with E-state index in [9.17, 15) is 4.79 Å². The summed E-state index contributed by atoms with van der Waals surface area (Å²) < 4.78 is 0. The van der Waals surface area contributed by atoms with Gasteiger partial charge in [0.05, 0.1) is 0 Å². The number of aromatic nitrogens is 1. The molecule has 0 amide bonds. The van der Waals surface area contributed by atoms with Crippen molar-refractivity contribution >= 4 is 16.6 Å². The van der Waals surface area contributed by atoms with Gasteiger partial charge in [0, 0.05) is 48.5 Å². The molecule has 1 saturated heterocycles. The molecule has 3 rings (SSSR count). The van der Waals surface area contributed by atoms with Crippen molar-refractivity contribution in [2.45, 2.75) is 26.3 Å². The van der Waals surface area contributed by atoms with Crippen molar-refractivity contribution in [1.29, 1.82) is 0 Å². The summed E-state index contributed by atoms with van der Waals surface area (Å²) in [6.07, 6.45) is 2.49. The zero-order chi connectivity index (χ0) is 15.0. The second-order valence-corrected chi connectivity index (χ2v) is 6.17. The molecule has 1 aromatic carbocycles. The van der Waals surface area contributed by atoms with Gasteiger partial charge in [-0.1, -0.05) is 0 Å². The van der Waals surface area contributed by atoms with Crippen molar-refractivity contribution in [2.75, 3.05) is 32.1 Å². The van der Waals surface area contributed by atoms with Crippen LogP contribution in [0.2, 0.25) is 0 Å². The highest BCUT2D eigenvalue weighted by Crippen LogP contribution is 2.20. The molecular formula is C17H23N3O. The Balaban J connectivity index is 2.09. The number of nitrogens with zero attached hydrogens (tertiary/aromatic N) is 2. The molecule has 1 aliphatic heterocycles. The first-order valence-corrected chi connectivity index (χ1v) is 7.61. The third-order valence-electron chi connectivity index (χ3n) is 4.39. The van der Waals surface area contributed by atoms with Crippen molar-refractivity contribution in [3.63, 3.8) is 0 Å². The number of anilines is 1. The normalized spacial score (nSPS) is 15.8. The highest BCUT2D eigenvalue weighted by Gasteiger charge is 2.16. The first-order valence-electron chi connectivity index (χ1n) is 7.61. The quantitative estimate of drug-likeness (QED) is 0.942. The second-order valence-electron chi connectivity index (χ2n) is 6.17. The van der Waals surface area contributed by atoms with Gasteiger partial charge < -0.3 is 9.88 Å². The Labute approximate surface area is 125 Å². The lowest BCUT2D eigenvalue weighted by Crippen LogP contribution is -2.25. The first-order chi connectivity index (χ1) is 10.1. The minimum Gasteiger partial charge on any atom is -0.378 e. The van der Waals surface area contributed by atoms with Gasteiger partial charge in [0.1, 0.15) is 0 Å². The van der Waals surface area contributed by atoms with Crippen LogP contribution in [-0.4, -0.2) is 37.1 Å². The second kappa shape index (κ2) is 5.53. The summed E-state index contributed by atoms with van der Waals surface area (Å²) >= 11 is 0. The third kappa shape index (κ3) is 2.68. The Bertz CT molecular complexity index is 712. The van der Waals surface area contributed by atoms with Crippen LogP contribution < -0.4 is 10.3 Å². The molecule has 2 heterocycles. The van der Waals surface area contributed by atoms with Gasteiger partial charge in [0.25, 0.3) is 0 Å². The smallest absolute Gasteiger partial charge is 0.194 e. The fourth-order valence-corrected chi connectivity index (χ4v) is 3.07. The number of nitrogens with one attached hydrogen (secondary N) is 1. The average molecular weight is 285 g/mol. The lowest BCUT2D eigenvalue weighted by Gasteiger charge is -2.17. The standard InChI is InChI=1S/C17H23N3O/c1-12-15(11-20-8-4-5-9-20)17(21)14-10-13(19(2)3)6-7-16(14)18-12/h6-7,10H,4-5,8-9,11H2,1-3H3,(H,18,21). The maximum atomic E-state index is 12.8. The Morgan fingerprint density at radius 3 is 2.62 bits per heavy atom. The third-order valence-corrected chi connectivity index (χ3v) is 4.39. The van der Waals surface area contributed by atoms with Crippen molar-refractivity contribution in [3.05, 3.63) is 39.7 Å². The Morgan fingerprint density at radius 1 is 1.24 bits per heavy atom. The van der Waals surface area contributed by atoms with Crippen LogP contribution in [0.5, 0.6) is 0 Å². The molecule has 1 aromatic heterocycles. The molecule has 21 heavy (non-hydrogen) atoms. The van der Waals surface area contributed by atoms with Gasteiger partial charge in [-0.25, -0.2) is 0 Å². The van der Waals surface area contributed by atoms with E-state index in [1.54, 1.807) is 0 Å². The van der Waals surface area contributed by atoms with E-state index in [-0.39, 0.29) is 5.43 Å². The van der Waals surface area contributed by atoms with E-state index in [4.69, 9.17) is 0 Å². The highest BCUT2D eigenvalue weighted by atomic mass is 16.1. The zero-order valence-electron chi connectivity index (χ0n) is 13.1. The molecule has 112 valence electrons. The molecule has 0 spiro atoms. The minimum atomic E-state index is 0.178. The Morgan fingerprint density at radius 2 is 1.95 bits per heavy atom. The number of likely N-dealkylation sites (tertiary alicyclic amines) is 1. The molecule has 2 aromatic rings. The van der Waals surface area contributed by atoms with Crippen LogP contribution in [-0.2, 0) is 6.54 Å². The van der Waals surface area contributed by atoms with Crippen LogP contribution in [0, 0.1) is 6.92 Å². The molecule has 0 unspecified atom stereocenters. The van der Waals surface area contributed by atoms with E-state index in [0.29, 0.717) is 0 Å². The van der Waals surface area contributed by atoms with Crippen LogP contribution in [0.1, 0.15) is 24.1 Å². The minimum absolute atomic E-state index is 0.178. The van der Waals surface area contributed by atoms with Crippen LogP contribution in [0.15, 0.2) is 23.0 Å². The van der Waals surface area contributed by atoms with Crippen molar-refractivity contribution in [1.82, 2.24) is 9.88 Å². The number of aryl methyl sites for hydroxylation is 1. The van der Waals surface area contributed by atoms with Gasteiger partial charge in [-0.05, 0) is 51.1 Å². The number of hydrogen-bond donors (Lipinski definition) is 1. The van der Waals surface area contributed by atoms with Gasteiger partial charge >= 0.3 is 0 Å². The predicted octanol–water partition coefficient (Wildman–Crippen LogP) is 2.50. The first kappa shape index (κ1) is 14.1. The number of fused-ring (bicyclic) bond motifs is 1. The lowest BCUT2D eigenvalue weighted by molar-refractivity contribution is 0.329. The fraction of sp³-hybridized carbons (Fsp3) is 0.471. The molecule has 0 saturated carbocycles. The summed E-state index contributed by atoms with van der Waals surface area (Å²) in [5.41, 5.74) is 4.08. The zero-order valence-corrected chi connectivity index (χ0v) is 13.1. The summed E-state index contributed by atoms with van der Waals surface area (Å²) in [5, 5.41) is 0.793. The summed E-state index contributed by atoms with van der Waals surface area (Å²) in [4.78, 5) is 20.6. The fourth-order valence-electron chi connectivity index (χ4n) is 3.07. The molecule has 0 aliphatic carbocycles. The lowest BCUT2D eigenvalue weighted by atomic mass is 10.1. The Hall–Kier alpha value is -1.81. The molecule has 1 N–H and O–H groups in total. The van der Waals surface area contributed by atoms with Crippen LogP contribution >= 0.6 is 0 Å². The number of rotatable bonds is 3. The van der Waals surface area contributed by atoms with Crippen molar-refractivity contribution in [2.24, 2.45) is 0 Å². The monoisotopic (exact) mass is 285 g/mol. The van der Waals surface area contributed by atoms with E-state index in [1.807, 2.05) is 44.1 Å². The highest BCUT2D eigenvalue weighted by molar-refractivity contribution is 5.83. The number of hydrogen-bond acceptors (Lipinski definition) is 3. The van der Waals surface area contributed by atoms with Gasteiger partial charge in [-0.3, -0.25) is 9.69 Å². The van der Waals surface area contributed by atoms with E-state index in [2.05, 4.69) is 9.88 Å². The van der Waals surface area contributed by atoms with Crippen LogP contribution in [0.25, 0.3) is 10.9 Å². The van der Waals surface area contributed by atoms with E-state index < -0.39 is 0 Å². The van der Waals surface area contributed by atoms with Gasteiger partial charge in [0.2, 0.25) is 0 Å². The SMILES string of the molecule is Cc1[nH]c2ccc(N(C)C)cc2c(=O)c1CN1CCCC1. The van der Waals surface area contributed by atoms with Crippen LogP contribution in [0.4, 0.5) is 5.69 Å². The average Bonchev–Trinajstić information content (AvgIpc) is 2.96. The molecule has 4 nitrogen and oxygen atoms in total. The van der Waals surface area contributed by atoms with E-state index in [1.165, 1.54) is 12.8 Å². The topological polar surface area (TPSA) is 39.3 Å². The molecule has 0 radical (unpaired) electrons. The Kier molecular flexibility index (Phi) is 3.72. The van der Waals surface area contributed by atoms with Gasteiger partial charge in [-0.15, -0.1) is 0 Å².